The predicted molar refractivity (Wildman–Crippen MR) is 150 cm³/mol. The summed E-state index contributed by atoms with van der Waals surface area (Å²) < 4.78 is 5.65. The van der Waals surface area contributed by atoms with Crippen molar-refractivity contribution in [2.24, 2.45) is 22.4 Å². The smallest absolute Gasteiger partial charge is 0.326 e. The molecule has 0 radical (unpaired) electrons. The Morgan fingerprint density at radius 1 is 1.00 bits per heavy atom. The second kappa shape index (κ2) is 14.5. The second-order valence-electron chi connectivity index (χ2n) is 9.51. The van der Waals surface area contributed by atoms with Crippen LogP contribution in [0.2, 0.25) is 0 Å². The van der Waals surface area contributed by atoms with Crippen LogP contribution in [0.1, 0.15) is 72.6 Å². The van der Waals surface area contributed by atoms with Crippen LogP contribution in [0, 0.1) is 5.92 Å². The Bertz CT molecular complexity index is 1250. The van der Waals surface area contributed by atoms with Crippen molar-refractivity contribution in [3.63, 3.8) is 0 Å². The standard InChI is InChI=1S/C29H36N6O5/c1-3-18(2)24(35-26(37)23(19-11-6-4-7-12-19)20-13-8-5-9-14-20)27-34-22(17-40-27)25(36)33-21(28(38)39)15-10-16-32-29(30)31/h4-9,11-14,17-18,21,23-24H,3,10,15-16H2,1-2H3,(H,33,36)(H,35,37)(H,38,39)(H4,30,31,32). The molecule has 0 fully saturated rings. The second-order valence-corrected chi connectivity index (χ2v) is 9.51. The van der Waals surface area contributed by atoms with E-state index in [2.05, 4.69) is 20.6 Å². The van der Waals surface area contributed by atoms with Crippen molar-refractivity contribution in [2.75, 3.05) is 6.54 Å². The van der Waals surface area contributed by atoms with Gasteiger partial charge in [0, 0.05) is 6.54 Å². The number of carboxylic acids is 1. The lowest BCUT2D eigenvalue weighted by molar-refractivity contribution is -0.139. The number of carbonyl (C=O) groups excluding carboxylic acids is 2. The molecule has 3 atom stereocenters. The Morgan fingerprint density at radius 2 is 1.60 bits per heavy atom. The van der Waals surface area contributed by atoms with E-state index in [1.54, 1.807) is 0 Å². The number of aliphatic imine (C=N–C) groups is 1. The summed E-state index contributed by atoms with van der Waals surface area (Å²) in [6.07, 6.45) is 2.34. The van der Waals surface area contributed by atoms with Crippen molar-refractivity contribution in [1.82, 2.24) is 15.6 Å². The number of rotatable bonds is 14. The maximum Gasteiger partial charge on any atom is 0.326 e. The van der Waals surface area contributed by atoms with Gasteiger partial charge in [0.2, 0.25) is 11.8 Å². The molecule has 0 spiro atoms. The number of nitrogens with one attached hydrogen (secondary N) is 2. The number of hydrogen-bond donors (Lipinski definition) is 5. The number of nitrogens with zero attached hydrogens (tertiary/aromatic N) is 2. The zero-order chi connectivity index (χ0) is 29.1. The van der Waals surface area contributed by atoms with E-state index >= 15 is 0 Å². The Hall–Kier alpha value is -4.67. The van der Waals surface area contributed by atoms with Crippen molar-refractivity contribution >= 4 is 23.7 Å². The Labute approximate surface area is 233 Å². The maximum atomic E-state index is 13.7. The first-order valence-corrected chi connectivity index (χ1v) is 13.2. The molecule has 0 aliphatic carbocycles. The molecule has 0 saturated carbocycles. The molecule has 2 aromatic carbocycles. The predicted octanol–water partition coefficient (Wildman–Crippen LogP) is 2.95. The van der Waals surface area contributed by atoms with E-state index in [-0.39, 0.29) is 42.3 Å². The highest BCUT2D eigenvalue weighted by Crippen LogP contribution is 2.29. The monoisotopic (exact) mass is 548 g/mol. The fraction of sp³-hybridized carbons (Fsp3) is 0.345. The Kier molecular flexibility index (Phi) is 10.8. The van der Waals surface area contributed by atoms with Crippen LogP contribution in [0.25, 0.3) is 0 Å². The van der Waals surface area contributed by atoms with E-state index in [1.807, 2.05) is 74.5 Å². The van der Waals surface area contributed by atoms with Crippen LogP contribution in [-0.4, -0.2) is 46.4 Å². The van der Waals surface area contributed by atoms with Gasteiger partial charge < -0.3 is 31.6 Å². The van der Waals surface area contributed by atoms with Crippen LogP contribution in [0.4, 0.5) is 0 Å². The molecule has 0 bridgehead atoms. The number of aromatic nitrogens is 1. The largest absolute Gasteiger partial charge is 0.480 e. The lowest BCUT2D eigenvalue weighted by Gasteiger charge is -2.25. The van der Waals surface area contributed by atoms with Crippen LogP contribution in [0.15, 0.2) is 76.3 Å². The summed E-state index contributed by atoms with van der Waals surface area (Å²) in [6, 6.07) is 17.1. The molecular formula is C29H36N6O5. The van der Waals surface area contributed by atoms with Crippen LogP contribution < -0.4 is 22.1 Å². The van der Waals surface area contributed by atoms with Gasteiger partial charge in [0.25, 0.3) is 5.91 Å². The van der Waals surface area contributed by atoms with Gasteiger partial charge in [-0.2, -0.15) is 0 Å². The fourth-order valence-electron chi connectivity index (χ4n) is 4.23. The summed E-state index contributed by atoms with van der Waals surface area (Å²) >= 11 is 0. The third-order valence-electron chi connectivity index (χ3n) is 6.61. The summed E-state index contributed by atoms with van der Waals surface area (Å²) in [5, 5.41) is 15.1. The van der Waals surface area contributed by atoms with Crippen molar-refractivity contribution in [2.45, 2.75) is 51.1 Å². The topological polar surface area (TPSA) is 186 Å². The summed E-state index contributed by atoms with van der Waals surface area (Å²) in [4.78, 5) is 46.4. The maximum absolute atomic E-state index is 13.7. The first-order chi connectivity index (χ1) is 19.2. The number of oxazole rings is 1. The number of carbonyl (C=O) groups is 3. The quantitative estimate of drug-likeness (QED) is 0.116. The van der Waals surface area contributed by atoms with E-state index in [4.69, 9.17) is 15.9 Å². The zero-order valence-electron chi connectivity index (χ0n) is 22.6. The van der Waals surface area contributed by atoms with Crippen molar-refractivity contribution in [3.05, 3.63) is 89.6 Å². The Balaban J connectivity index is 1.78. The SMILES string of the molecule is CCC(C)C(NC(=O)C(c1ccccc1)c1ccccc1)c1nc(C(=O)NC(CCCN=C(N)N)C(=O)O)co1. The number of benzene rings is 2. The number of guanidine groups is 1. The Morgan fingerprint density at radius 3 is 2.12 bits per heavy atom. The van der Waals surface area contributed by atoms with Crippen LogP contribution in [-0.2, 0) is 9.59 Å². The van der Waals surface area contributed by atoms with Crippen molar-refractivity contribution < 1.29 is 23.9 Å². The number of carboxylic acid groups (broad SMARTS) is 1. The minimum atomic E-state index is -1.20. The van der Waals surface area contributed by atoms with Gasteiger partial charge in [-0.15, -0.1) is 0 Å². The van der Waals surface area contributed by atoms with Gasteiger partial charge in [-0.05, 0) is 29.9 Å². The molecule has 3 rings (SSSR count). The number of amides is 2. The average Bonchev–Trinajstić information content (AvgIpc) is 3.44. The molecule has 2 amide bonds. The van der Waals surface area contributed by atoms with Gasteiger partial charge in [-0.3, -0.25) is 14.6 Å². The number of hydrogen-bond acceptors (Lipinski definition) is 6. The van der Waals surface area contributed by atoms with Crippen LogP contribution in [0.3, 0.4) is 0 Å². The lowest BCUT2D eigenvalue weighted by Crippen LogP contribution is -2.41. The molecular weight excluding hydrogens is 512 g/mol. The lowest BCUT2D eigenvalue weighted by atomic mass is 9.89. The summed E-state index contributed by atoms with van der Waals surface area (Å²) in [5.41, 5.74) is 12.2. The van der Waals surface area contributed by atoms with E-state index < -0.39 is 29.9 Å². The highest BCUT2D eigenvalue weighted by molar-refractivity contribution is 5.94. The minimum absolute atomic E-state index is 0.0759. The first-order valence-electron chi connectivity index (χ1n) is 13.2. The third-order valence-corrected chi connectivity index (χ3v) is 6.61. The molecule has 3 unspecified atom stereocenters. The van der Waals surface area contributed by atoms with Crippen molar-refractivity contribution in [3.8, 4) is 0 Å². The number of nitrogens with two attached hydrogens (primary N) is 2. The zero-order valence-corrected chi connectivity index (χ0v) is 22.6. The van der Waals surface area contributed by atoms with E-state index in [0.29, 0.717) is 12.8 Å². The van der Waals surface area contributed by atoms with Gasteiger partial charge in [0.15, 0.2) is 11.7 Å². The third kappa shape index (κ3) is 8.16. The summed E-state index contributed by atoms with van der Waals surface area (Å²) in [7, 11) is 0. The van der Waals surface area contributed by atoms with E-state index in [1.165, 1.54) is 0 Å². The molecule has 0 aliphatic heterocycles. The molecule has 11 nitrogen and oxygen atoms in total. The molecule has 1 heterocycles. The number of aliphatic carboxylic acids is 1. The molecule has 3 aromatic rings. The molecule has 0 aliphatic rings. The van der Waals surface area contributed by atoms with Gasteiger partial charge in [-0.1, -0.05) is 80.9 Å². The van der Waals surface area contributed by atoms with E-state index in [9.17, 15) is 19.5 Å². The van der Waals surface area contributed by atoms with Crippen LogP contribution in [0.5, 0.6) is 0 Å². The van der Waals surface area contributed by atoms with E-state index in [0.717, 1.165) is 17.4 Å². The van der Waals surface area contributed by atoms with Gasteiger partial charge in [-0.25, -0.2) is 9.78 Å². The highest BCUT2D eigenvalue weighted by Gasteiger charge is 2.31. The van der Waals surface area contributed by atoms with Gasteiger partial charge in [0.1, 0.15) is 18.3 Å². The fourth-order valence-corrected chi connectivity index (χ4v) is 4.23. The van der Waals surface area contributed by atoms with Crippen molar-refractivity contribution in [1.29, 1.82) is 0 Å². The molecule has 7 N–H and O–H groups in total. The summed E-state index contributed by atoms with van der Waals surface area (Å²) in [5.74, 6) is -2.71. The van der Waals surface area contributed by atoms with Crippen LogP contribution >= 0.6 is 0 Å². The molecule has 40 heavy (non-hydrogen) atoms. The average molecular weight is 549 g/mol. The molecule has 212 valence electrons. The summed E-state index contributed by atoms with van der Waals surface area (Å²) in [6.45, 7) is 4.16. The molecule has 11 heteroatoms. The first kappa shape index (κ1) is 29.9. The normalized spacial score (nSPS) is 13.2. The highest BCUT2D eigenvalue weighted by atomic mass is 16.4. The van der Waals surface area contributed by atoms with Gasteiger partial charge >= 0.3 is 5.97 Å². The molecule has 1 aromatic heterocycles. The minimum Gasteiger partial charge on any atom is -0.480 e. The van der Waals surface area contributed by atoms with Gasteiger partial charge in [0.05, 0.1) is 5.92 Å². The molecule has 0 saturated heterocycles.